The van der Waals surface area contributed by atoms with Crippen LogP contribution >= 0.6 is 0 Å². The maximum absolute atomic E-state index is 12.1. The normalized spacial score (nSPS) is 12.6. The van der Waals surface area contributed by atoms with Crippen LogP contribution < -0.4 is 22.3 Å². The first-order valence-corrected chi connectivity index (χ1v) is 8.46. The van der Waals surface area contributed by atoms with E-state index in [0.29, 0.717) is 24.6 Å². The van der Waals surface area contributed by atoms with Crippen molar-refractivity contribution in [3.63, 3.8) is 0 Å². The van der Waals surface area contributed by atoms with Crippen molar-refractivity contribution in [1.29, 1.82) is 0 Å². The average molecular weight is 316 g/mol. The Morgan fingerprint density at radius 3 is 2.48 bits per heavy atom. The molecule has 1 rings (SSSR count). The van der Waals surface area contributed by atoms with Crippen molar-refractivity contribution in [1.82, 2.24) is 9.13 Å². The summed E-state index contributed by atoms with van der Waals surface area (Å²) in [6.07, 6.45) is 0. The molecule has 1 heterocycles. The first-order valence-electron chi connectivity index (χ1n) is 6.97. The molecular weight excluding hydrogens is 292 g/mol. The van der Waals surface area contributed by atoms with Crippen LogP contribution in [0.25, 0.3) is 0 Å². The molecule has 1 aromatic rings. The van der Waals surface area contributed by atoms with Gasteiger partial charge in [-0.15, -0.1) is 0 Å². The minimum absolute atomic E-state index is 0.138. The Labute approximate surface area is 126 Å². The van der Waals surface area contributed by atoms with E-state index in [2.05, 4.69) is 5.32 Å². The lowest BCUT2D eigenvalue weighted by Crippen LogP contribution is -2.41. The van der Waals surface area contributed by atoms with E-state index in [-0.39, 0.29) is 17.4 Å². The summed E-state index contributed by atoms with van der Waals surface area (Å²) in [6, 6.07) is 0. The molecule has 7 nitrogen and oxygen atoms in total. The van der Waals surface area contributed by atoms with Crippen LogP contribution in [0.15, 0.2) is 9.59 Å². The van der Waals surface area contributed by atoms with Crippen LogP contribution in [0.3, 0.4) is 0 Å². The number of hydrogen-bond acceptors (Lipinski definition) is 5. The molecule has 0 aliphatic carbocycles. The largest absolute Gasteiger partial charge is 0.383 e. The van der Waals surface area contributed by atoms with Crippen molar-refractivity contribution in [3.05, 3.63) is 20.8 Å². The fourth-order valence-electron chi connectivity index (χ4n) is 1.93. The molecule has 0 amide bonds. The number of nitrogens with one attached hydrogen (secondary N) is 1. The Hall–Kier alpha value is -1.57. The van der Waals surface area contributed by atoms with Gasteiger partial charge < -0.3 is 11.1 Å². The molecule has 1 atom stereocenters. The smallest absolute Gasteiger partial charge is 0.332 e. The second-order valence-electron chi connectivity index (χ2n) is 5.27. The van der Waals surface area contributed by atoms with Crippen molar-refractivity contribution in [2.75, 3.05) is 29.1 Å². The Bertz CT molecular complexity index is 634. The summed E-state index contributed by atoms with van der Waals surface area (Å²) in [5.41, 5.74) is 5.28. The molecule has 1 aromatic heterocycles. The Kier molecular flexibility index (Phi) is 6.19. The third-order valence-electron chi connectivity index (χ3n) is 3.08. The zero-order chi connectivity index (χ0) is 16.2. The quantitative estimate of drug-likeness (QED) is 0.736. The zero-order valence-electron chi connectivity index (χ0n) is 13.0. The van der Waals surface area contributed by atoms with Gasteiger partial charge >= 0.3 is 5.69 Å². The molecule has 0 spiro atoms. The SMILES string of the molecule is CCS(=O)CCNc1c(N)n(CC(C)C)c(=O)n(C)c1=O. The van der Waals surface area contributed by atoms with Crippen LogP contribution in [0, 0.1) is 5.92 Å². The van der Waals surface area contributed by atoms with Gasteiger partial charge in [0, 0.05) is 42.4 Å². The van der Waals surface area contributed by atoms with Gasteiger partial charge in [-0.2, -0.15) is 0 Å². The predicted molar refractivity (Wildman–Crippen MR) is 87.2 cm³/mol. The summed E-state index contributed by atoms with van der Waals surface area (Å²) in [5, 5.41) is 2.92. The van der Waals surface area contributed by atoms with Crippen LogP contribution in [0.4, 0.5) is 11.5 Å². The lowest BCUT2D eigenvalue weighted by atomic mass is 10.2. The van der Waals surface area contributed by atoms with E-state index < -0.39 is 22.0 Å². The minimum Gasteiger partial charge on any atom is -0.383 e. The number of hydrogen-bond donors (Lipinski definition) is 2. The van der Waals surface area contributed by atoms with Gasteiger partial charge in [-0.25, -0.2) is 4.79 Å². The third kappa shape index (κ3) is 4.20. The van der Waals surface area contributed by atoms with Gasteiger partial charge in [-0.05, 0) is 5.92 Å². The van der Waals surface area contributed by atoms with Crippen molar-refractivity contribution in [2.45, 2.75) is 27.3 Å². The number of anilines is 2. The molecule has 0 aromatic carbocycles. The highest BCUT2D eigenvalue weighted by Gasteiger charge is 2.15. The standard InChI is InChI=1S/C13H24N4O3S/c1-5-21(20)7-6-15-10-11(14)17(8-9(2)3)13(19)16(4)12(10)18/h9,15H,5-8,14H2,1-4H3. The Morgan fingerprint density at radius 1 is 1.33 bits per heavy atom. The van der Waals surface area contributed by atoms with Crippen LogP contribution in [0.1, 0.15) is 20.8 Å². The van der Waals surface area contributed by atoms with Crippen LogP contribution in [0.2, 0.25) is 0 Å². The van der Waals surface area contributed by atoms with Crippen molar-refractivity contribution in [2.24, 2.45) is 13.0 Å². The topological polar surface area (TPSA) is 99.1 Å². The van der Waals surface area contributed by atoms with E-state index in [1.807, 2.05) is 20.8 Å². The number of nitrogen functional groups attached to an aromatic ring is 1. The van der Waals surface area contributed by atoms with Gasteiger partial charge in [0.05, 0.1) is 0 Å². The van der Waals surface area contributed by atoms with Gasteiger partial charge in [0.2, 0.25) is 0 Å². The lowest BCUT2D eigenvalue weighted by Gasteiger charge is -2.17. The molecule has 0 bridgehead atoms. The fourth-order valence-corrected chi connectivity index (χ4v) is 2.54. The van der Waals surface area contributed by atoms with Gasteiger partial charge in [0.15, 0.2) is 0 Å². The summed E-state index contributed by atoms with van der Waals surface area (Å²) in [4.78, 5) is 24.2. The minimum atomic E-state index is -0.919. The molecule has 0 saturated carbocycles. The first-order chi connectivity index (χ1) is 9.79. The Morgan fingerprint density at radius 2 is 1.95 bits per heavy atom. The molecule has 0 aliphatic heterocycles. The lowest BCUT2D eigenvalue weighted by molar-refractivity contribution is 0.494. The molecule has 8 heteroatoms. The molecule has 21 heavy (non-hydrogen) atoms. The van der Waals surface area contributed by atoms with Crippen molar-refractivity contribution >= 4 is 22.3 Å². The molecule has 0 saturated heterocycles. The molecule has 3 N–H and O–H groups in total. The van der Waals surface area contributed by atoms with Crippen LogP contribution in [-0.2, 0) is 24.4 Å². The monoisotopic (exact) mass is 316 g/mol. The zero-order valence-corrected chi connectivity index (χ0v) is 13.8. The fraction of sp³-hybridized carbons (Fsp3) is 0.692. The molecule has 0 aliphatic rings. The molecule has 0 radical (unpaired) electrons. The van der Waals surface area contributed by atoms with E-state index in [4.69, 9.17) is 5.73 Å². The summed E-state index contributed by atoms with van der Waals surface area (Å²) in [7, 11) is 0.508. The maximum atomic E-state index is 12.1. The third-order valence-corrected chi connectivity index (χ3v) is 4.39. The second kappa shape index (κ2) is 7.44. The summed E-state index contributed by atoms with van der Waals surface area (Å²) in [6.45, 7) is 6.59. The molecule has 0 fully saturated rings. The van der Waals surface area contributed by atoms with Crippen LogP contribution in [0.5, 0.6) is 0 Å². The van der Waals surface area contributed by atoms with E-state index in [0.717, 1.165) is 4.57 Å². The highest BCUT2D eigenvalue weighted by atomic mass is 32.2. The number of nitrogens with zero attached hydrogens (tertiary/aromatic N) is 2. The van der Waals surface area contributed by atoms with Crippen molar-refractivity contribution < 1.29 is 4.21 Å². The van der Waals surface area contributed by atoms with Gasteiger partial charge in [-0.3, -0.25) is 18.1 Å². The maximum Gasteiger partial charge on any atom is 0.332 e. The van der Waals surface area contributed by atoms with Gasteiger partial charge in [0.25, 0.3) is 5.56 Å². The molecule has 120 valence electrons. The molecule has 1 unspecified atom stereocenters. The van der Waals surface area contributed by atoms with Gasteiger partial charge in [-0.1, -0.05) is 20.8 Å². The molecular formula is C13H24N4O3S. The highest BCUT2D eigenvalue weighted by molar-refractivity contribution is 7.84. The second-order valence-corrected chi connectivity index (χ2v) is 7.14. The van der Waals surface area contributed by atoms with E-state index in [9.17, 15) is 13.8 Å². The van der Waals surface area contributed by atoms with E-state index in [1.54, 1.807) is 0 Å². The van der Waals surface area contributed by atoms with Crippen molar-refractivity contribution in [3.8, 4) is 0 Å². The van der Waals surface area contributed by atoms with E-state index in [1.165, 1.54) is 11.6 Å². The van der Waals surface area contributed by atoms with Gasteiger partial charge in [0.1, 0.15) is 11.5 Å². The Balaban J connectivity index is 3.14. The van der Waals surface area contributed by atoms with E-state index >= 15 is 0 Å². The number of rotatable bonds is 7. The highest BCUT2D eigenvalue weighted by Crippen LogP contribution is 2.12. The average Bonchev–Trinajstić information content (AvgIpc) is 2.44. The number of nitrogens with two attached hydrogens (primary N) is 1. The predicted octanol–water partition coefficient (Wildman–Crippen LogP) is -0.0343. The first kappa shape index (κ1) is 17.5. The summed E-state index contributed by atoms with van der Waals surface area (Å²) >= 11 is 0. The summed E-state index contributed by atoms with van der Waals surface area (Å²) < 4.78 is 13.8. The van der Waals surface area contributed by atoms with Crippen LogP contribution in [-0.4, -0.2) is 31.4 Å². The number of aromatic nitrogens is 2. The summed E-state index contributed by atoms with van der Waals surface area (Å²) in [5.74, 6) is 1.37.